The Bertz CT molecular complexity index is 254. The molecule has 88 valence electrons. The number of rotatable bonds is 5. The molecular weight excluding hydrogens is 198 g/mol. The minimum Gasteiger partial charge on any atom is -0.479 e. The maximum atomic E-state index is 11.4. The Balaban J connectivity index is 5.25. The lowest BCUT2D eigenvalue weighted by Crippen LogP contribution is -2.61. The Morgan fingerprint density at radius 3 is 2.20 bits per heavy atom. The average Bonchev–Trinajstić information content (AvgIpc) is 2.16. The molecular formula is C10H19NO4. The summed E-state index contributed by atoms with van der Waals surface area (Å²) in [5.74, 6) is -1.33. The van der Waals surface area contributed by atoms with E-state index in [1.54, 1.807) is 13.8 Å². The molecule has 5 nitrogen and oxygen atoms in total. The first-order valence-electron chi connectivity index (χ1n) is 4.86. The fourth-order valence-electron chi connectivity index (χ4n) is 1.62. The molecule has 0 radical (unpaired) electrons. The molecule has 0 aromatic carbocycles. The molecule has 0 aliphatic carbocycles. The van der Waals surface area contributed by atoms with Crippen molar-refractivity contribution >= 4 is 11.9 Å². The second kappa shape index (κ2) is 5.11. The number of carboxylic acids is 1. The molecule has 0 heterocycles. The lowest BCUT2D eigenvalue weighted by atomic mass is 9.93. The van der Waals surface area contributed by atoms with E-state index in [1.165, 1.54) is 25.9 Å². The van der Waals surface area contributed by atoms with Crippen LogP contribution in [0.3, 0.4) is 0 Å². The van der Waals surface area contributed by atoms with Crippen LogP contribution in [0.2, 0.25) is 0 Å². The quantitative estimate of drug-likeness (QED) is 0.737. The molecule has 0 aliphatic rings. The smallest absolute Gasteiger partial charge is 0.332 e. The van der Waals surface area contributed by atoms with E-state index in [4.69, 9.17) is 4.74 Å². The van der Waals surface area contributed by atoms with Gasteiger partial charge in [0, 0.05) is 20.6 Å². The van der Waals surface area contributed by atoms with Crippen molar-refractivity contribution in [3.63, 3.8) is 0 Å². The first-order chi connectivity index (χ1) is 6.82. The molecule has 0 aromatic rings. The predicted molar refractivity (Wildman–Crippen MR) is 55.6 cm³/mol. The molecule has 0 spiro atoms. The van der Waals surface area contributed by atoms with Crippen molar-refractivity contribution < 1.29 is 19.4 Å². The molecule has 1 N–H and O–H groups in total. The fraction of sp³-hybridized carbons (Fsp3) is 0.800. The summed E-state index contributed by atoms with van der Waals surface area (Å²) in [5, 5.41) is 9.21. The van der Waals surface area contributed by atoms with Crippen LogP contribution in [-0.4, -0.2) is 47.2 Å². The van der Waals surface area contributed by atoms with E-state index >= 15 is 0 Å². The lowest BCUT2D eigenvalue weighted by molar-refractivity contribution is -0.166. The Morgan fingerprint density at radius 2 is 2.00 bits per heavy atom. The van der Waals surface area contributed by atoms with Crippen molar-refractivity contribution in [1.82, 2.24) is 4.90 Å². The normalized spacial score (nSPS) is 16.6. The molecule has 0 rings (SSSR count). The molecule has 0 fully saturated rings. The Labute approximate surface area is 90.0 Å². The van der Waals surface area contributed by atoms with Crippen molar-refractivity contribution in [2.75, 3.05) is 13.7 Å². The van der Waals surface area contributed by atoms with E-state index in [0.717, 1.165) is 0 Å². The Kier molecular flexibility index (Phi) is 4.74. The molecule has 15 heavy (non-hydrogen) atoms. The summed E-state index contributed by atoms with van der Waals surface area (Å²) in [6.45, 7) is 6.57. The monoisotopic (exact) mass is 217 g/mol. The van der Waals surface area contributed by atoms with E-state index < -0.39 is 17.6 Å². The molecule has 0 saturated carbocycles. The van der Waals surface area contributed by atoms with Crippen LogP contribution in [0.25, 0.3) is 0 Å². The van der Waals surface area contributed by atoms with E-state index in [9.17, 15) is 14.7 Å². The molecule has 1 amide bonds. The summed E-state index contributed by atoms with van der Waals surface area (Å²) < 4.78 is 5.03. The third-order valence-electron chi connectivity index (χ3n) is 2.84. The third kappa shape index (κ3) is 2.47. The van der Waals surface area contributed by atoms with E-state index in [0.29, 0.717) is 6.54 Å². The first-order valence-corrected chi connectivity index (χ1v) is 4.86. The van der Waals surface area contributed by atoms with Gasteiger partial charge in [-0.05, 0) is 20.8 Å². The minimum absolute atomic E-state index is 0.272. The highest BCUT2D eigenvalue weighted by atomic mass is 16.5. The molecule has 0 bridgehead atoms. The number of ether oxygens (including phenoxy) is 1. The number of carboxylic acid groups (broad SMARTS) is 1. The number of likely N-dealkylation sites (N-methyl/N-ethyl adjacent to an activating group) is 1. The summed E-state index contributed by atoms with van der Waals surface area (Å²) in [7, 11) is 1.43. The van der Waals surface area contributed by atoms with Gasteiger partial charge in [0.05, 0.1) is 6.10 Å². The topological polar surface area (TPSA) is 66.8 Å². The zero-order valence-corrected chi connectivity index (χ0v) is 9.90. The number of nitrogens with zero attached hydrogens (tertiary/aromatic N) is 1. The minimum atomic E-state index is -1.32. The molecule has 2 unspecified atom stereocenters. The van der Waals surface area contributed by atoms with E-state index in [-0.39, 0.29) is 5.91 Å². The number of amides is 1. The third-order valence-corrected chi connectivity index (χ3v) is 2.84. The molecule has 5 heteroatoms. The van der Waals surface area contributed by atoms with Crippen molar-refractivity contribution in [2.24, 2.45) is 0 Å². The number of carbonyl (C=O) groups excluding carboxylic acids is 1. The highest BCUT2D eigenvalue weighted by Gasteiger charge is 2.45. The number of methoxy groups -OCH3 is 1. The van der Waals surface area contributed by atoms with Gasteiger partial charge in [-0.2, -0.15) is 0 Å². The van der Waals surface area contributed by atoms with E-state index in [2.05, 4.69) is 0 Å². The van der Waals surface area contributed by atoms with Gasteiger partial charge in [0.1, 0.15) is 0 Å². The second-order valence-electron chi connectivity index (χ2n) is 3.59. The first kappa shape index (κ1) is 13.9. The lowest BCUT2D eigenvalue weighted by Gasteiger charge is -2.40. The van der Waals surface area contributed by atoms with Crippen LogP contribution in [0.5, 0.6) is 0 Å². The van der Waals surface area contributed by atoms with Gasteiger partial charge in [-0.15, -0.1) is 0 Å². The van der Waals surface area contributed by atoms with Crippen LogP contribution < -0.4 is 0 Å². The van der Waals surface area contributed by atoms with Crippen molar-refractivity contribution in [3.05, 3.63) is 0 Å². The number of hydrogen-bond donors (Lipinski definition) is 1. The molecule has 0 saturated heterocycles. The zero-order valence-electron chi connectivity index (χ0n) is 9.90. The van der Waals surface area contributed by atoms with Crippen LogP contribution in [0, 0.1) is 0 Å². The van der Waals surface area contributed by atoms with Gasteiger partial charge in [0.25, 0.3) is 0 Å². The summed E-state index contributed by atoms with van der Waals surface area (Å²) in [6.07, 6.45) is -0.571. The largest absolute Gasteiger partial charge is 0.479 e. The van der Waals surface area contributed by atoms with E-state index in [1.807, 2.05) is 0 Å². The predicted octanol–water partition coefficient (Wildman–Crippen LogP) is 0.733. The van der Waals surface area contributed by atoms with Crippen LogP contribution in [-0.2, 0) is 14.3 Å². The van der Waals surface area contributed by atoms with Crippen molar-refractivity contribution in [3.8, 4) is 0 Å². The van der Waals surface area contributed by atoms with Gasteiger partial charge in [-0.1, -0.05) is 0 Å². The van der Waals surface area contributed by atoms with Crippen LogP contribution in [0.4, 0.5) is 0 Å². The summed E-state index contributed by atoms with van der Waals surface area (Å²) in [6, 6.07) is 0. The van der Waals surface area contributed by atoms with Gasteiger partial charge in [0.2, 0.25) is 5.91 Å². The van der Waals surface area contributed by atoms with Crippen LogP contribution >= 0.6 is 0 Å². The maximum Gasteiger partial charge on any atom is 0.332 e. The Morgan fingerprint density at radius 1 is 1.53 bits per heavy atom. The van der Waals surface area contributed by atoms with Crippen LogP contribution in [0.15, 0.2) is 0 Å². The Hall–Kier alpha value is -1.10. The number of carbonyl (C=O) groups is 2. The summed E-state index contributed by atoms with van der Waals surface area (Å²) >= 11 is 0. The number of aliphatic carboxylic acids is 1. The van der Waals surface area contributed by atoms with Gasteiger partial charge >= 0.3 is 5.97 Å². The van der Waals surface area contributed by atoms with Crippen molar-refractivity contribution in [1.29, 1.82) is 0 Å². The fourth-order valence-corrected chi connectivity index (χ4v) is 1.62. The van der Waals surface area contributed by atoms with Gasteiger partial charge in [-0.3, -0.25) is 4.79 Å². The van der Waals surface area contributed by atoms with Crippen LogP contribution in [0.1, 0.15) is 27.7 Å². The second-order valence-corrected chi connectivity index (χ2v) is 3.59. The highest BCUT2D eigenvalue weighted by Crippen LogP contribution is 2.22. The summed E-state index contributed by atoms with van der Waals surface area (Å²) in [4.78, 5) is 23.9. The molecule has 0 aliphatic heterocycles. The van der Waals surface area contributed by atoms with Gasteiger partial charge < -0.3 is 14.7 Å². The molecule has 2 atom stereocenters. The van der Waals surface area contributed by atoms with Gasteiger partial charge in [0.15, 0.2) is 5.54 Å². The average molecular weight is 217 g/mol. The molecule has 0 aromatic heterocycles. The number of hydrogen-bond acceptors (Lipinski definition) is 3. The van der Waals surface area contributed by atoms with Gasteiger partial charge in [-0.25, -0.2) is 4.79 Å². The summed E-state index contributed by atoms with van der Waals surface area (Å²) in [5.41, 5.74) is -1.32. The maximum absolute atomic E-state index is 11.4. The standard InChI is InChI=1S/C10H19NO4/c1-6-11(8(3)12)10(4,9(13)14)7(2)15-5/h7H,6H2,1-5H3,(H,13,14). The SMILES string of the molecule is CCN(C(C)=O)C(C)(C(=O)O)C(C)OC. The van der Waals surface area contributed by atoms with Crippen molar-refractivity contribution in [2.45, 2.75) is 39.3 Å². The zero-order chi connectivity index (χ0) is 12.2. The highest BCUT2D eigenvalue weighted by molar-refractivity contribution is 5.86.